The van der Waals surface area contributed by atoms with E-state index in [-0.39, 0.29) is 34.5 Å². The quantitative estimate of drug-likeness (QED) is 0.198. The first-order valence-electron chi connectivity index (χ1n) is 12.3. The molecule has 0 amide bonds. The molecule has 5 aromatic rings. The number of hydrogen-bond donors (Lipinski definition) is 2. The molecule has 11 nitrogen and oxygen atoms in total. The predicted molar refractivity (Wildman–Crippen MR) is 153 cm³/mol. The fraction of sp³-hybridized carbons (Fsp3) is 0.100. The fourth-order valence-electron chi connectivity index (χ4n) is 4.13. The van der Waals surface area contributed by atoms with Gasteiger partial charge in [-0.3, -0.25) is 4.79 Å². The Labute approximate surface area is 245 Å². The summed E-state index contributed by atoms with van der Waals surface area (Å²) in [6, 6.07) is 20.6. The number of hydrogen-bond acceptors (Lipinski definition) is 9. The highest BCUT2D eigenvalue weighted by Crippen LogP contribution is 2.35. The summed E-state index contributed by atoms with van der Waals surface area (Å²) in [6.45, 7) is -1.62. The molecule has 2 aromatic heterocycles. The summed E-state index contributed by atoms with van der Waals surface area (Å²) < 4.78 is 22.4. The molecule has 0 atom stereocenters. The van der Waals surface area contributed by atoms with Gasteiger partial charge in [0.15, 0.2) is 24.6 Å². The number of pyridine rings is 1. The van der Waals surface area contributed by atoms with Gasteiger partial charge in [-0.1, -0.05) is 52.3 Å². The van der Waals surface area contributed by atoms with Gasteiger partial charge in [-0.2, -0.15) is 0 Å². The van der Waals surface area contributed by atoms with Gasteiger partial charge in [0, 0.05) is 15.4 Å². The number of para-hydroxylation sites is 1. The summed E-state index contributed by atoms with van der Waals surface area (Å²) >= 11 is 3.21. The number of carbonyl (C=O) groups excluding carboxylic acids is 1. The van der Waals surface area contributed by atoms with Crippen molar-refractivity contribution in [2.24, 2.45) is 0 Å². The van der Waals surface area contributed by atoms with Crippen molar-refractivity contribution in [3.8, 4) is 22.8 Å². The van der Waals surface area contributed by atoms with Crippen molar-refractivity contribution in [1.82, 2.24) is 4.98 Å². The summed E-state index contributed by atoms with van der Waals surface area (Å²) in [5.41, 5.74) is 0.590. The van der Waals surface area contributed by atoms with Gasteiger partial charge in [0.2, 0.25) is 11.2 Å². The minimum Gasteiger partial charge on any atom is -0.487 e. The number of ether oxygens (including phenoxy) is 3. The number of aliphatic carboxylic acids is 2. The smallest absolute Gasteiger partial charge is 0.342 e. The first-order valence-corrected chi connectivity index (χ1v) is 13.1. The second-order valence-electron chi connectivity index (χ2n) is 8.88. The molecule has 42 heavy (non-hydrogen) atoms. The van der Waals surface area contributed by atoms with Gasteiger partial charge in [-0.15, -0.1) is 0 Å². The molecule has 12 heteroatoms. The predicted octanol–water partition coefficient (Wildman–Crippen LogP) is 5.05. The van der Waals surface area contributed by atoms with Crippen molar-refractivity contribution in [3.63, 3.8) is 0 Å². The van der Waals surface area contributed by atoms with Crippen LogP contribution in [-0.2, 0) is 20.9 Å². The molecule has 0 aliphatic heterocycles. The van der Waals surface area contributed by atoms with Crippen molar-refractivity contribution in [2.75, 3.05) is 13.2 Å². The molecule has 212 valence electrons. The zero-order valence-electron chi connectivity index (χ0n) is 21.5. The molecule has 2 heterocycles. The Morgan fingerprint density at radius 3 is 2.45 bits per heavy atom. The van der Waals surface area contributed by atoms with Crippen LogP contribution in [0.25, 0.3) is 33.2 Å². The summed E-state index contributed by atoms with van der Waals surface area (Å²) in [6.07, 6.45) is 0. The van der Waals surface area contributed by atoms with Crippen LogP contribution in [0.5, 0.6) is 11.5 Å². The lowest BCUT2D eigenvalue weighted by Crippen LogP contribution is -2.17. The van der Waals surface area contributed by atoms with E-state index in [1.54, 1.807) is 24.3 Å². The lowest BCUT2D eigenvalue weighted by Gasteiger charge is -2.14. The van der Waals surface area contributed by atoms with E-state index in [0.717, 1.165) is 10.9 Å². The third-order valence-corrected chi connectivity index (χ3v) is 6.40. The number of halogens is 1. The second kappa shape index (κ2) is 12.1. The zero-order valence-corrected chi connectivity index (χ0v) is 23.1. The van der Waals surface area contributed by atoms with Gasteiger partial charge in [0.05, 0.1) is 16.6 Å². The second-order valence-corrected chi connectivity index (χ2v) is 9.80. The van der Waals surface area contributed by atoms with E-state index in [2.05, 4.69) is 20.9 Å². The molecule has 5 rings (SSSR count). The molecule has 0 bridgehead atoms. The van der Waals surface area contributed by atoms with Gasteiger partial charge >= 0.3 is 17.9 Å². The molecule has 0 radical (unpaired) electrons. The maximum absolute atomic E-state index is 13.5. The van der Waals surface area contributed by atoms with Crippen LogP contribution < -0.4 is 14.9 Å². The molecule has 0 fully saturated rings. The van der Waals surface area contributed by atoms with Crippen molar-refractivity contribution in [2.45, 2.75) is 6.61 Å². The van der Waals surface area contributed by atoms with Gasteiger partial charge in [-0.25, -0.2) is 19.4 Å². The Hall–Kier alpha value is -5.23. The van der Waals surface area contributed by atoms with E-state index in [0.29, 0.717) is 15.9 Å². The number of carboxylic acids is 2. The van der Waals surface area contributed by atoms with Crippen molar-refractivity contribution >= 4 is 55.7 Å². The monoisotopic (exact) mass is 633 g/mol. The third kappa shape index (κ3) is 6.23. The van der Waals surface area contributed by atoms with Crippen LogP contribution in [0, 0.1) is 0 Å². The van der Waals surface area contributed by atoms with E-state index >= 15 is 0 Å². The maximum atomic E-state index is 13.5. The van der Waals surface area contributed by atoms with Crippen LogP contribution in [0.15, 0.2) is 86.5 Å². The zero-order chi connectivity index (χ0) is 29.8. The molecule has 3 aromatic carbocycles. The number of carbonyl (C=O) groups is 3. The average Bonchev–Trinajstić information content (AvgIpc) is 2.98. The highest BCUT2D eigenvalue weighted by Gasteiger charge is 2.24. The number of fused-ring (bicyclic) bond motifs is 2. The molecule has 0 saturated heterocycles. The van der Waals surface area contributed by atoms with Crippen LogP contribution in [0.3, 0.4) is 0 Å². The largest absolute Gasteiger partial charge is 0.487 e. The summed E-state index contributed by atoms with van der Waals surface area (Å²) in [5.74, 6) is -3.93. The van der Waals surface area contributed by atoms with Gasteiger partial charge < -0.3 is 28.8 Å². The van der Waals surface area contributed by atoms with Crippen LogP contribution in [0.4, 0.5) is 0 Å². The van der Waals surface area contributed by atoms with Crippen LogP contribution in [0.2, 0.25) is 0 Å². The Bertz CT molecular complexity index is 1920. The Balaban J connectivity index is 1.56. The van der Waals surface area contributed by atoms with Crippen molar-refractivity contribution in [3.05, 3.63) is 98.7 Å². The summed E-state index contributed by atoms with van der Waals surface area (Å²) in [7, 11) is 0. The number of benzene rings is 3. The molecular weight excluding hydrogens is 614 g/mol. The van der Waals surface area contributed by atoms with Crippen LogP contribution in [0.1, 0.15) is 16.1 Å². The Kier molecular flexibility index (Phi) is 8.16. The maximum Gasteiger partial charge on any atom is 0.342 e. The van der Waals surface area contributed by atoms with E-state index < -0.39 is 42.3 Å². The molecular formula is C30H20BrNO10. The highest BCUT2D eigenvalue weighted by atomic mass is 79.9. The van der Waals surface area contributed by atoms with Crippen molar-refractivity contribution < 1.29 is 43.2 Å². The highest BCUT2D eigenvalue weighted by molar-refractivity contribution is 9.10. The first kappa shape index (κ1) is 28.3. The van der Waals surface area contributed by atoms with Gasteiger partial charge in [0.1, 0.15) is 17.9 Å². The van der Waals surface area contributed by atoms with E-state index in [9.17, 15) is 24.3 Å². The topological polar surface area (TPSA) is 162 Å². The number of carboxylic acid groups (broad SMARTS) is 2. The van der Waals surface area contributed by atoms with Crippen molar-refractivity contribution in [1.29, 1.82) is 0 Å². The number of esters is 1. The number of nitrogens with zero attached hydrogens (tertiary/aromatic N) is 1. The molecule has 0 saturated carbocycles. The average molecular weight is 634 g/mol. The van der Waals surface area contributed by atoms with Gasteiger partial charge in [-0.05, 0) is 36.4 Å². The number of aromatic nitrogens is 1. The minimum absolute atomic E-state index is 0.120. The van der Waals surface area contributed by atoms with Gasteiger partial charge in [0.25, 0.3) is 0 Å². The molecule has 0 aliphatic carbocycles. The van der Waals surface area contributed by atoms with E-state index in [1.807, 2.05) is 36.4 Å². The lowest BCUT2D eigenvalue weighted by molar-refractivity contribution is -0.141. The van der Waals surface area contributed by atoms with Crippen LogP contribution >= 0.6 is 15.9 Å². The Morgan fingerprint density at radius 1 is 0.881 bits per heavy atom. The van der Waals surface area contributed by atoms with E-state index in [1.165, 1.54) is 12.1 Å². The lowest BCUT2D eigenvalue weighted by atomic mass is 10.1. The fourth-order valence-corrected chi connectivity index (χ4v) is 4.59. The normalized spacial score (nSPS) is 10.9. The SMILES string of the molecule is O=C(O)COC(=O)c1cc(Br)cc2c(=O)c(OCC(=O)O)c(-c3cccc(OCc4ccc5ccccc5n4)c3)oc12. The summed E-state index contributed by atoms with van der Waals surface area (Å²) in [4.78, 5) is 53.1. The summed E-state index contributed by atoms with van der Waals surface area (Å²) in [5, 5.41) is 19.0. The third-order valence-electron chi connectivity index (χ3n) is 5.94. The van der Waals surface area contributed by atoms with E-state index in [4.69, 9.17) is 23.7 Å². The standard InChI is InChI=1S/C30H20BrNO10/c31-18-11-21-26(37)29(40-14-24(33)34)27(42-28(21)22(12-18)30(38)41-15-25(35)36)17-5-3-6-20(10-17)39-13-19-9-8-16-4-1-2-7-23(16)32-19/h1-12H,13-15H2,(H,33,34)(H,35,36). The molecule has 0 aliphatic rings. The first-order chi connectivity index (χ1) is 20.2. The minimum atomic E-state index is -1.37. The number of rotatable bonds is 10. The Morgan fingerprint density at radius 2 is 1.67 bits per heavy atom. The molecule has 0 spiro atoms. The molecule has 0 unspecified atom stereocenters. The molecule has 2 N–H and O–H groups in total. The van der Waals surface area contributed by atoms with Crippen LogP contribution in [-0.4, -0.2) is 46.3 Å².